The van der Waals surface area contributed by atoms with E-state index in [-0.39, 0.29) is 16.7 Å². The Labute approximate surface area is 169 Å². The third kappa shape index (κ3) is 3.64. The summed E-state index contributed by atoms with van der Waals surface area (Å²) >= 11 is 6.15. The number of hydrogen-bond acceptors (Lipinski definition) is 4. The molecule has 0 saturated carbocycles. The molecule has 8 heteroatoms. The predicted molar refractivity (Wildman–Crippen MR) is 108 cm³/mol. The lowest BCUT2D eigenvalue weighted by molar-refractivity contribution is -0.126. The van der Waals surface area contributed by atoms with Crippen LogP contribution in [-0.2, 0) is 21.4 Å². The van der Waals surface area contributed by atoms with E-state index >= 15 is 0 Å². The van der Waals surface area contributed by atoms with E-state index in [1.807, 2.05) is 23.1 Å². The Morgan fingerprint density at radius 1 is 1.18 bits per heavy atom. The van der Waals surface area contributed by atoms with Gasteiger partial charge in [-0.1, -0.05) is 41.9 Å². The number of amides is 1. The van der Waals surface area contributed by atoms with Gasteiger partial charge < -0.3 is 10.2 Å². The van der Waals surface area contributed by atoms with Crippen LogP contribution >= 0.6 is 11.6 Å². The molecule has 1 amide bonds. The second kappa shape index (κ2) is 7.56. The van der Waals surface area contributed by atoms with Crippen molar-refractivity contribution in [1.82, 2.24) is 10.2 Å². The molecule has 1 N–H and O–H groups in total. The molecule has 0 spiro atoms. The van der Waals surface area contributed by atoms with Gasteiger partial charge in [-0.05, 0) is 36.6 Å². The average Bonchev–Trinajstić information content (AvgIpc) is 2.99. The van der Waals surface area contributed by atoms with Gasteiger partial charge in [-0.25, -0.2) is 0 Å². The molecule has 1 atom stereocenters. The Morgan fingerprint density at radius 3 is 2.75 bits per heavy atom. The number of halogens is 1. The second-order valence-electron chi connectivity index (χ2n) is 6.98. The highest BCUT2D eigenvalue weighted by Gasteiger charge is 2.35. The lowest BCUT2D eigenvalue weighted by Gasteiger charge is -2.33. The molecule has 2 aromatic carbocycles. The van der Waals surface area contributed by atoms with Crippen molar-refractivity contribution in [3.05, 3.63) is 64.7 Å². The summed E-state index contributed by atoms with van der Waals surface area (Å²) in [7, 11) is -3.66. The van der Waals surface area contributed by atoms with Gasteiger partial charge in [-0.2, -0.15) is 8.42 Å². The standard InChI is InChI=1S/C20H20ClN3O3S/c21-17-9-3-1-6-14(17)12-22-20(25)15-7-5-11-24(13-15)19-16-8-2-4-10-18(16)28(26,27)23-19/h1-4,6,8-10,15H,5,7,11-13H2,(H,22,25). The van der Waals surface area contributed by atoms with Crippen LogP contribution < -0.4 is 5.32 Å². The summed E-state index contributed by atoms with van der Waals surface area (Å²) in [6.45, 7) is 1.49. The Hall–Kier alpha value is -2.38. The van der Waals surface area contributed by atoms with Gasteiger partial charge in [0.05, 0.1) is 5.92 Å². The van der Waals surface area contributed by atoms with Crippen molar-refractivity contribution in [3.8, 4) is 0 Å². The third-order valence-electron chi connectivity index (χ3n) is 5.12. The first-order valence-electron chi connectivity index (χ1n) is 9.16. The van der Waals surface area contributed by atoms with Crippen molar-refractivity contribution in [2.75, 3.05) is 13.1 Å². The van der Waals surface area contributed by atoms with Gasteiger partial charge in [0.2, 0.25) is 5.91 Å². The number of hydrogen-bond donors (Lipinski definition) is 1. The van der Waals surface area contributed by atoms with Gasteiger partial charge in [0.15, 0.2) is 5.84 Å². The third-order valence-corrected chi connectivity index (χ3v) is 6.81. The molecular weight excluding hydrogens is 398 g/mol. The first kappa shape index (κ1) is 19.0. The molecule has 146 valence electrons. The number of rotatable bonds is 3. The van der Waals surface area contributed by atoms with Crippen molar-refractivity contribution in [2.24, 2.45) is 10.3 Å². The zero-order valence-electron chi connectivity index (χ0n) is 15.1. The average molecular weight is 418 g/mol. The normalized spacial score (nSPS) is 20.4. The number of likely N-dealkylation sites (tertiary alicyclic amines) is 1. The zero-order valence-corrected chi connectivity index (χ0v) is 16.7. The minimum Gasteiger partial charge on any atom is -0.355 e. The van der Waals surface area contributed by atoms with Gasteiger partial charge in [0, 0.05) is 30.2 Å². The number of amidine groups is 1. The Bertz CT molecular complexity index is 1050. The monoisotopic (exact) mass is 417 g/mol. The lowest BCUT2D eigenvalue weighted by Crippen LogP contribution is -2.45. The van der Waals surface area contributed by atoms with Crippen LogP contribution in [0.3, 0.4) is 0 Å². The SMILES string of the molecule is O=C(NCc1ccccc1Cl)C1CCCN(C2=NS(=O)(=O)c3ccccc32)C1. The maximum Gasteiger partial charge on any atom is 0.285 e. The fraction of sp³-hybridized carbons (Fsp3) is 0.300. The fourth-order valence-corrected chi connectivity index (χ4v) is 5.10. The van der Waals surface area contributed by atoms with Crippen LogP contribution in [0.25, 0.3) is 0 Å². The summed E-state index contributed by atoms with van der Waals surface area (Å²) in [4.78, 5) is 14.8. The molecule has 28 heavy (non-hydrogen) atoms. The molecule has 1 unspecified atom stereocenters. The van der Waals surface area contributed by atoms with E-state index in [4.69, 9.17) is 11.6 Å². The molecule has 2 aliphatic heterocycles. The smallest absolute Gasteiger partial charge is 0.285 e. The van der Waals surface area contributed by atoms with Crippen LogP contribution in [0.4, 0.5) is 0 Å². The molecule has 4 rings (SSSR count). The molecule has 2 aliphatic rings. The summed E-state index contributed by atoms with van der Waals surface area (Å²) in [6, 6.07) is 14.2. The second-order valence-corrected chi connectivity index (χ2v) is 8.96. The molecule has 0 aromatic heterocycles. The fourth-order valence-electron chi connectivity index (χ4n) is 3.67. The highest BCUT2D eigenvalue weighted by Crippen LogP contribution is 2.29. The van der Waals surface area contributed by atoms with Crippen molar-refractivity contribution < 1.29 is 13.2 Å². The number of carbonyl (C=O) groups is 1. The van der Waals surface area contributed by atoms with Crippen molar-refractivity contribution >= 4 is 33.4 Å². The van der Waals surface area contributed by atoms with Crippen LogP contribution in [0.5, 0.6) is 0 Å². The zero-order chi connectivity index (χ0) is 19.7. The predicted octanol–water partition coefficient (Wildman–Crippen LogP) is 2.82. The van der Waals surface area contributed by atoms with Crippen LogP contribution in [0.1, 0.15) is 24.0 Å². The van der Waals surface area contributed by atoms with Gasteiger partial charge >= 0.3 is 0 Å². The first-order chi connectivity index (χ1) is 13.5. The van der Waals surface area contributed by atoms with Crippen LogP contribution in [-0.4, -0.2) is 38.2 Å². The van der Waals surface area contributed by atoms with E-state index < -0.39 is 10.0 Å². The maximum absolute atomic E-state index is 12.7. The molecule has 0 radical (unpaired) electrons. The van der Waals surface area contributed by atoms with Gasteiger partial charge in [0.1, 0.15) is 4.90 Å². The summed E-state index contributed by atoms with van der Waals surface area (Å²) < 4.78 is 28.6. The number of nitrogens with zero attached hydrogens (tertiary/aromatic N) is 2. The van der Waals surface area contributed by atoms with Crippen molar-refractivity contribution in [1.29, 1.82) is 0 Å². The molecule has 1 saturated heterocycles. The summed E-state index contributed by atoms with van der Waals surface area (Å²) in [5, 5.41) is 3.57. The highest BCUT2D eigenvalue weighted by atomic mass is 35.5. The molecule has 2 aromatic rings. The number of benzene rings is 2. The summed E-state index contributed by atoms with van der Waals surface area (Å²) in [5.74, 6) is 0.160. The minimum absolute atomic E-state index is 0.0561. The van der Waals surface area contributed by atoms with E-state index in [0.29, 0.717) is 36.1 Å². The van der Waals surface area contributed by atoms with Crippen molar-refractivity contribution in [3.63, 3.8) is 0 Å². The molecular formula is C20H20ClN3O3S. The molecule has 6 nitrogen and oxygen atoms in total. The van der Waals surface area contributed by atoms with E-state index in [1.54, 1.807) is 30.3 Å². The minimum atomic E-state index is -3.66. The quantitative estimate of drug-likeness (QED) is 0.832. The van der Waals surface area contributed by atoms with E-state index in [0.717, 1.165) is 18.4 Å². The largest absolute Gasteiger partial charge is 0.355 e. The summed E-state index contributed by atoms with van der Waals surface area (Å²) in [5.41, 5.74) is 1.48. The van der Waals surface area contributed by atoms with Gasteiger partial charge in [-0.3, -0.25) is 4.79 Å². The highest BCUT2D eigenvalue weighted by molar-refractivity contribution is 7.90. The van der Waals surface area contributed by atoms with Gasteiger partial charge in [-0.15, -0.1) is 4.40 Å². The molecule has 1 fully saturated rings. The Balaban J connectivity index is 1.47. The van der Waals surface area contributed by atoms with Crippen LogP contribution in [0.2, 0.25) is 5.02 Å². The molecule has 0 aliphatic carbocycles. The van der Waals surface area contributed by atoms with E-state index in [1.165, 1.54) is 0 Å². The van der Waals surface area contributed by atoms with E-state index in [9.17, 15) is 13.2 Å². The number of nitrogens with one attached hydrogen (secondary N) is 1. The topological polar surface area (TPSA) is 78.8 Å². The molecule has 0 bridgehead atoms. The Kier molecular flexibility index (Phi) is 5.12. The maximum atomic E-state index is 12.7. The summed E-state index contributed by atoms with van der Waals surface area (Å²) in [6.07, 6.45) is 1.55. The number of carbonyl (C=O) groups excluding carboxylic acids is 1. The number of fused-ring (bicyclic) bond motifs is 1. The lowest BCUT2D eigenvalue weighted by atomic mass is 9.96. The van der Waals surface area contributed by atoms with Gasteiger partial charge in [0.25, 0.3) is 10.0 Å². The van der Waals surface area contributed by atoms with Crippen LogP contribution in [0, 0.1) is 5.92 Å². The number of piperidine rings is 1. The Morgan fingerprint density at radius 2 is 1.93 bits per heavy atom. The first-order valence-corrected chi connectivity index (χ1v) is 11.0. The molecule has 2 heterocycles. The van der Waals surface area contributed by atoms with Crippen LogP contribution in [0.15, 0.2) is 57.8 Å². The number of sulfonamides is 1. The van der Waals surface area contributed by atoms with Crippen molar-refractivity contribution in [2.45, 2.75) is 24.3 Å². The van der Waals surface area contributed by atoms with E-state index in [2.05, 4.69) is 9.71 Å².